The van der Waals surface area contributed by atoms with E-state index < -0.39 is 20.7 Å². The lowest BCUT2D eigenvalue weighted by atomic mass is 9.93. The number of alkyl halides is 5. The molecule has 1 aliphatic rings. The fourth-order valence-corrected chi connectivity index (χ4v) is 3.02. The van der Waals surface area contributed by atoms with Gasteiger partial charge in [-0.15, -0.1) is 23.2 Å². The van der Waals surface area contributed by atoms with Crippen molar-refractivity contribution in [2.75, 3.05) is 14.1 Å². The van der Waals surface area contributed by atoms with Gasteiger partial charge < -0.3 is 9.80 Å². The van der Waals surface area contributed by atoms with Gasteiger partial charge in [0, 0.05) is 20.0 Å². The number of halogens is 5. The first kappa shape index (κ1) is 21.4. The lowest BCUT2D eigenvalue weighted by Gasteiger charge is -2.43. The van der Waals surface area contributed by atoms with Crippen molar-refractivity contribution >= 4 is 69.8 Å². The van der Waals surface area contributed by atoms with Crippen LogP contribution in [0.25, 0.3) is 0 Å². The number of carbonyl (C=O) groups excluding carboxylic acids is 2. The molecule has 0 N–H and O–H groups in total. The SMILES string of the molecule is C[C@H](C[C@H]1C(=O)N(C)[C@@H](C[C@H](C)C(Cl)Cl)C(=O)N1C)C(Cl)(Cl)Cl. The highest BCUT2D eigenvalue weighted by molar-refractivity contribution is 6.67. The lowest BCUT2D eigenvalue weighted by molar-refractivity contribution is -0.159. The third kappa shape index (κ3) is 5.18. The van der Waals surface area contributed by atoms with E-state index in [2.05, 4.69) is 0 Å². The summed E-state index contributed by atoms with van der Waals surface area (Å²) < 4.78 is -1.49. The van der Waals surface area contributed by atoms with Gasteiger partial charge in [0.25, 0.3) is 0 Å². The number of hydrogen-bond donors (Lipinski definition) is 0. The van der Waals surface area contributed by atoms with Crippen LogP contribution in [0.15, 0.2) is 0 Å². The van der Waals surface area contributed by atoms with Crippen LogP contribution in [0.3, 0.4) is 0 Å². The number of likely N-dealkylation sites (N-methyl/N-ethyl adjacent to an activating group) is 2. The quantitative estimate of drug-likeness (QED) is 0.626. The molecule has 0 spiro atoms. The highest BCUT2D eigenvalue weighted by Gasteiger charge is 2.45. The Hall–Kier alpha value is 0.390. The molecular formula is C14H21Cl5N2O2. The van der Waals surface area contributed by atoms with Crippen LogP contribution in [0, 0.1) is 11.8 Å². The normalized spacial score (nSPS) is 26.0. The monoisotopic (exact) mass is 424 g/mol. The summed E-state index contributed by atoms with van der Waals surface area (Å²) in [5, 5.41) is 0. The Kier molecular flexibility index (Phi) is 7.62. The van der Waals surface area contributed by atoms with Gasteiger partial charge in [0.1, 0.15) is 16.9 Å². The largest absolute Gasteiger partial charge is 0.332 e. The van der Waals surface area contributed by atoms with E-state index in [9.17, 15) is 9.59 Å². The van der Waals surface area contributed by atoms with E-state index in [1.807, 2.05) is 6.92 Å². The predicted molar refractivity (Wildman–Crippen MR) is 96.5 cm³/mol. The van der Waals surface area contributed by atoms with E-state index in [0.717, 1.165) is 0 Å². The highest BCUT2D eigenvalue weighted by Crippen LogP contribution is 2.38. The maximum Gasteiger partial charge on any atom is 0.245 e. The van der Waals surface area contributed by atoms with Crippen LogP contribution in [0.5, 0.6) is 0 Å². The Morgan fingerprint density at radius 1 is 0.957 bits per heavy atom. The highest BCUT2D eigenvalue weighted by atomic mass is 35.6. The molecule has 1 rings (SSSR count). The van der Waals surface area contributed by atoms with E-state index >= 15 is 0 Å². The van der Waals surface area contributed by atoms with Crippen LogP contribution >= 0.6 is 58.0 Å². The molecule has 0 aromatic heterocycles. The lowest BCUT2D eigenvalue weighted by Crippen LogP contribution is -2.63. The Bertz CT molecular complexity index is 455. The number of nitrogens with zero attached hydrogens (tertiary/aromatic N) is 2. The third-order valence-electron chi connectivity index (χ3n) is 4.36. The molecule has 4 nitrogen and oxygen atoms in total. The zero-order valence-electron chi connectivity index (χ0n) is 13.4. The smallest absolute Gasteiger partial charge is 0.245 e. The van der Waals surface area contributed by atoms with Crippen molar-refractivity contribution in [1.82, 2.24) is 9.80 Å². The number of rotatable bonds is 5. The van der Waals surface area contributed by atoms with Crippen LogP contribution in [-0.4, -0.2) is 56.4 Å². The minimum absolute atomic E-state index is 0.118. The topological polar surface area (TPSA) is 40.6 Å². The molecule has 23 heavy (non-hydrogen) atoms. The fourth-order valence-electron chi connectivity index (χ4n) is 2.55. The molecule has 0 bridgehead atoms. The van der Waals surface area contributed by atoms with Gasteiger partial charge in [-0.05, 0) is 18.8 Å². The van der Waals surface area contributed by atoms with Gasteiger partial charge in [-0.1, -0.05) is 48.7 Å². The molecule has 0 aliphatic carbocycles. The van der Waals surface area contributed by atoms with Crippen LogP contribution < -0.4 is 0 Å². The van der Waals surface area contributed by atoms with Crippen molar-refractivity contribution in [2.24, 2.45) is 11.8 Å². The van der Waals surface area contributed by atoms with Crippen LogP contribution in [0.1, 0.15) is 26.7 Å². The second-order valence-electron chi connectivity index (χ2n) is 6.16. The standard InChI is InChI=1S/C14H21Cl5N2O2/c1-7(11(15)16)5-9-12(22)21(4)10(13(23)20(9)3)6-8(2)14(17,18)19/h7-11H,5-6H2,1-4H3/t7-,8+,9-,10-/m0/s1. The molecule has 134 valence electrons. The van der Waals surface area contributed by atoms with Crippen LogP contribution in [0.2, 0.25) is 0 Å². The summed E-state index contributed by atoms with van der Waals surface area (Å²) in [5.41, 5.74) is 0. The Labute approximate surface area is 162 Å². The number of hydrogen-bond acceptors (Lipinski definition) is 2. The molecule has 9 heteroatoms. The summed E-state index contributed by atoms with van der Waals surface area (Å²) in [7, 11) is 3.20. The van der Waals surface area contributed by atoms with Gasteiger partial charge in [-0.3, -0.25) is 9.59 Å². The molecule has 0 aromatic rings. The average Bonchev–Trinajstić information content (AvgIpc) is 2.44. The average molecular weight is 427 g/mol. The van der Waals surface area contributed by atoms with Crippen molar-refractivity contribution < 1.29 is 9.59 Å². The molecule has 1 aliphatic heterocycles. The zero-order chi connectivity index (χ0) is 18.1. The predicted octanol–water partition coefficient (Wildman–Crippen LogP) is 3.88. The first-order valence-electron chi connectivity index (χ1n) is 7.26. The maximum atomic E-state index is 12.6. The summed E-state index contributed by atoms with van der Waals surface area (Å²) in [6.07, 6.45) is 0.674. The molecule has 1 fully saturated rings. The van der Waals surface area contributed by atoms with E-state index in [1.54, 1.807) is 21.0 Å². The molecule has 0 aromatic carbocycles. The number of amides is 2. The second kappa shape index (κ2) is 8.18. The third-order valence-corrected chi connectivity index (χ3v) is 6.34. The summed E-state index contributed by atoms with van der Waals surface area (Å²) in [4.78, 5) is 27.6. The first-order valence-corrected chi connectivity index (χ1v) is 9.26. The van der Waals surface area contributed by atoms with Crippen molar-refractivity contribution in [1.29, 1.82) is 0 Å². The maximum absolute atomic E-state index is 12.6. The fraction of sp³-hybridized carbons (Fsp3) is 0.857. The van der Waals surface area contributed by atoms with Gasteiger partial charge in [-0.25, -0.2) is 0 Å². The minimum atomic E-state index is -1.49. The van der Waals surface area contributed by atoms with E-state index in [-0.39, 0.29) is 30.1 Å². The molecule has 0 saturated carbocycles. The summed E-state index contributed by atoms with van der Waals surface area (Å²) in [5.74, 6) is -0.830. The van der Waals surface area contributed by atoms with Gasteiger partial charge in [0.2, 0.25) is 11.8 Å². The number of carbonyl (C=O) groups is 2. The van der Waals surface area contributed by atoms with Crippen molar-refractivity contribution in [2.45, 2.75) is 47.4 Å². The first-order chi connectivity index (χ1) is 10.4. The van der Waals surface area contributed by atoms with Crippen LogP contribution in [-0.2, 0) is 9.59 Å². The molecule has 2 amide bonds. The summed E-state index contributed by atoms with van der Waals surface area (Å²) in [6, 6.07) is -1.23. The number of piperazine rings is 1. The second-order valence-corrected chi connectivity index (χ2v) is 9.69. The minimum Gasteiger partial charge on any atom is -0.332 e. The Morgan fingerprint density at radius 3 is 1.70 bits per heavy atom. The van der Waals surface area contributed by atoms with Gasteiger partial charge in [0.05, 0.1) is 0 Å². The van der Waals surface area contributed by atoms with E-state index in [4.69, 9.17) is 58.0 Å². The molecule has 0 radical (unpaired) electrons. The van der Waals surface area contributed by atoms with Gasteiger partial charge in [-0.2, -0.15) is 0 Å². The molecule has 0 unspecified atom stereocenters. The van der Waals surface area contributed by atoms with Crippen molar-refractivity contribution in [3.63, 3.8) is 0 Å². The molecule has 4 atom stereocenters. The van der Waals surface area contributed by atoms with Gasteiger partial charge in [0.15, 0.2) is 3.79 Å². The Morgan fingerprint density at radius 2 is 1.35 bits per heavy atom. The van der Waals surface area contributed by atoms with Crippen LogP contribution in [0.4, 0.5) is 0 Å². The van der Waals surface area contributed by atoms with E-state index in [0.29, 0.717) is 6.42 Å². The summed E-state index contributed by atoms with van der Waals surface area (Å²) >= 11 is 29.3. The van der Waals surface area contributed by atoms with Gasteiger partial charge >= 0.3 is 0 Å². The zero-order valence-corrected chi connectivity index (χ0v) is 17.2. The summed E-state index contributed by atoms with van der Waals surface area (Å²) in [6.45, 7) is 3.58. The van der Waals surface area contributed by atoms with E-state index in [1.165, 1.54) is 9.80 Å². The van der Waals surface area contributed by atoms with Crippen molar-refractivity contribution in [3.05, 3.63) is 0 Å². The molecule has 1 heterocycles. The van der Waals surface area contributed by atoms with Crippen molar-refractivity contribution in [3.8, 4) is 0 Å². The molecular weight excluding hydrogens is 405 g/mol. The molecule has 1 saturated heterocycles. The Balaban J connectivity index is 2.91.